The van der Waals surface area contributed by atoms with Gasteiger partial charge < -0.3 is 19.5 Å². The van der Waals surface area contributed by atoms with Crippen molar-refractivity contribution in [2.24, 2.45) is 0 Å². The minimum absolute atomic E-state index is 0.487. The van der Waals surface area contributed by atoms with Crippen molar-refractivity contribution in [3.05, 3.63) is 97.5 Å². The van der Waals surface area contributed by atoms with Crippen LogP contribution in [0.15, 0.2) is 106 Å². The van der Waals surface area contributed by atoms with E-state index in [1.54, 1.807) is 12.5 Å². The molecule has 6 nitrogen and oxygen atoms in total. The van der Waals surface area contributed by atoms with E-state index in [0.717, 1.165) is 22.3 Å². The van der Waals surface area contributed by atoms with Gasteiger partial charge in [-0.25, -0.2) is 9.97 Å². The molecule has 0 saturated heterocycles. The number of fused-ring (bicyclic) bond motifs is 2. The first kappa shape index (κ1) is 20.1. The molecule has 0 spiro atoms. The fourth-order valence-corrected chi connectivity index (χ4v) is 4.10. The van der Waals surface area contributed by atoms with Gasteiger partial charge in [0.1, 0.15) is 11.4 Å². The molecule has 6 aromatic rings. The van der Waals surface area contributed by atoms with Crippen LogP contribution < -0.4 is 10.6 Å². The summed E-state index contributed by atoms with van der Waals surface area (Å²) < 4.78 is 11.2. The van der Waals surface area contributed by atoms with Gasteiger partial charge in [0, 0.05) is 11.4 Å². The molecule has 0 fully saturated rings. The Hall–Kier alpha value is -4.49. The molecule has 0 radical (unpaired) electrons. The summed E-state index contributed by atoms with van der Waals surface area (Å²) in [5, 5.41) is 9.30. The maximum atomic E-state index is 5.61. The summed E-state index contributed by atoms with van der Waals surface area (Å²) in [5.74, 6) is 1.25. The highest BCUT2D eigenvalue weighted by molar-refractivity contribution is 7.80. The van der Waals surface area contributed by atoms with Crippen LogP contribution in [-0.4, -0.2) is 15.1 Å². The van der Waals surface area contributed by atoms with Crippen molar-refractivity contribution in [3.63, 3.8) is 0 Å². The molecule has 0 aliphatic heterocycles. The third-order valence-corrected chi connectivity index (χ3v) is 5.64. The first-order chi connectivity index (χ1) is 16.7. The summed E-state index contributed by atoms with van der Waals surface area (Å²) in [5.41, 5.74) is 4.40. The number of hydrogen-bond acceptors (Lipinski definition) is 5. The second kappa shape index (κ2) is 8.46. The average molecular weight is 463 g/mol. The van der Waals surface area contributed by atoms with Crippen LogP contribution in [0.25, 0.3) is 44.7 Å². The summed E-state index contributed by atoms with van der Waals surface area (Å²) >= 11 is 5.54. The molecule has 3 aromatic carbocycles. The largest absolute Gasteiger partial charge is 0.463 e. The van der Waals surface area contributed by atoms with Gasteiger partial charge in [0.05, 0.1) is 23.6 Å². The van der Waals surface area contributed by atoms with Crippen LogP contribution in [0, 0.1) is 0 Å². The lowest BCUT2D eigenvalue weighted by Crippen LogP contribution is -2.19. The zero-order chi connectivity index (χ0) is 22.9. The quantitative estimate of drug-likeness (QED) is 0.270. The number of nitrogens with zero attached hydrogens (tertiary/aromatic N) is 2. The predicted molar refractivity (Wildman–Crippen MR) is 139 cm³/mol. The lowest BCUT2D eigenvalue weighted by molar-refractivity contribution is 0.572. The van der Waals surface area contributed by atoms with Gasteiger partial charge in [0.25, 0.3) is 0 Å². The van der Waals surface area contributed by atoms with E-state index in [1.165, 1.54) is 5.39 Å². The monoisotopic (exact) mass is 462 g/mol. The van der Waals surface area contributed by atoms with Gasteiger partial charge in [-0.2, -0.15) is 0 Å². The Bertz CT molecular complexity index is 1630. The molecule has 0 bridgehead atoms. The molecule has 164 valence electrons. The van der Waals surface area contributed by atoms with Gasteiger partial charge in [-0.1, -0.05) is 30.3 Å². The lowest BCUT2D eigenvalue weighted by Gasteiger charge is -2.12. The Kier molecular flexibility index (Phi) is 5.01. The van der Waals surface area contributed by atoms with Crippen LogP contribution >= 0.6 is 12.2 Å². The lowest BCUT2D eigenvalue weighted by atomic mass is 10.1. The highest BCUT2D eigenvalue weighted by Gasteiger charge is 2.17. The zero-order valence-electron chi connectivity index (χ0n) is 17.9. The highest BCUT2D eigenvalue weighted by Crippen LogP contribution is 2.32. The molecule has 2 N–H and O–H groups in total. The number of benzene rings is 3. The average Bonchev–Trinajstić information content (AvgIpc) is 3.58. The minimum Gasteiger partial charge on any atom is -0.463 e. The molecule has 0 saturated carbocycles. The number of anilines is 2. The molecule has 3 heterocycles. The fraction of sp³-hybridized carbons (Fsp3) is 0. The van der Waals surface area contributed by atoms with E-state index in [0.29, 0.717) is 33.5 Å². The molecular formula is C27H18N4O2S. The number of hydrogen-bond donors (Lipinski definition) is 2. The van der Waals surface area contributed by atoms with Crippen LogP contribution in [0.1, 0.15) is 0 Å². The fourth-order valence-electron chi connectivity index (χ4n) is 3.86. The van der Waals surface area contributed by atoms with Gasteiger partial charge in [0.2, 0.25) is 0 Å². The standard InChI is InChI=1S/C27H18N4O2S/c34-27(28-19-10-9-17-5-1-2-6-18(17)15-19)29-20-11-12-21-22(16-20)31-26(24-8-4-14-33-24)25(30-21)23-7-3-13-32-23/h1-16H,(H2,28,29,34). The smallest absolute Gasteiger partial charge is 0.175 e. The SMILES string of the molecule is S=C(Nc1ccc2ccccc2c1)Nc1ccc2nc(-c3ccco3)c(-c3ccco3)nc2c1. The van der Waals surface area contributed by atoms with E-state index in [9.17, 15) is 0 Å². The van der Waals surface area contributed by atoms with Crippen molar-refractivity contribution < 1.29 is 8.83 Å². The van der Waals surface area contributed by atoms with E-state index in [1.807, 2.05) is 60.7 Å². The number of nitrogens with one attached hydrogen (secondary N) is 2. The van der Waals surface area contributed by atoms with Crippen LogP contribution in [0.3, 0.4) is 0 Å². The normalized spacial score (nSPS) is 11.1. The van der Waals surface area contributed by atoms with Crippen molar-refractivity contribution in [2.75, 3.05) is 10.6 Å². The van der Waals surface area contributed by atoms with Gasteiger partial charge in [-0.05, 0) is 77.6 Å². The second-order valence-corrected chi connectivity index (χ2v) is 8.13. The van der Waals surface area contributed by atoms with E-state index in [2.05, 4.69) is 34.9 Å². The van der Waals surface area contributed by atoms with E-state index >= 15 is 0 Å². The molecule has 0 amide bonds. The second-order valence-electron chi connectivity index (χ2n) is 7.72. The zero-order valence-corrected chi connectivity index (χ0v) is 18.7. The Morgan fingerprint density at radius 1 is 0.618 bits per heavy atom. The first-order valence-electron chi connectivity index (χ1n) is 10.7. The van der Waals surface area contributed by atoms with Gasteiger partial charge in [-0.3, -0.25) is 0 Å². The van der Waals surface area contributed by atoms with Crippen molar-refractivity contribution in [1.29, 1.82) is 0 Å². The van der Waals surface area contributed by atoms with Crippen molar-refractivity contribution >= 4 is 50.5 Å². The van der Waals surface area contributed by atoms with Crippen molar-refractivity contribution in [3.8, 4) is 22.9 Å². The third kappa shape index (κ3) is 3.89. The highest BCUT2D eigenvalue weighted by atomic mass is 32.1. The molecule has 0 aliphatic carbocycles. The van der Waals surface area contributed by atoms with E-state index < -0.39 is 0 Å². The predicted octanol–water partition coefficient (Wildman–Crippen LogP) is 7.11. The van der Waals surface area contributed by atoms with E-state index in [-0.39, 0.29) is 0 Å². The topological polar surface area (TPSA) is 76.1 Å². The van der Waals surface area contributed by atoms with Crippen LogP contribution in [0.4, 0.5) is 11.4 Å². The molecule has 6 rings (SSSR count). The molecule has 0 unspecified atom stereocenters. The molecule has 0 aliphatic rings. The van der Waals surface area contributed by atoms with E-state index in [4.69, 9.17) is 31.0 Å². The molecule has 0 atom stereocenters. The van der Waals surface area contributed by atoms with Crippen LogP contribution in [-0.2, 0) is 0 Å². The van der Waals surface area contributed by atoms with Crippen LogP contribution in [0.2, 0.25) is 0 Å². The molecule has 7 heteroatoms. The molecule has 3 aromatic heterocycles. The summed E-state index contributed by atoms with van der Waals surface area (Å²) in [6.07, 6.45) is 3.23. The Balaban J connectivity index is 1.30. The molecular weight excluding hydrogens is 444 g/mol. The molecule has 34 heavy (non-hydrogen) atoms. The maximum Gasteiger partial charge on any atom is 0.175 e. The summed E-state index contributed by atoms with van der Waals surface area (Å²) in [6, 6.07) is 27.4. The van der Waals surface area contributed by atoms with Crippen LogP contribution in [0.5, 0.6) is 0 Å². The first-order valence-corrected chi connectivity index (χ1v) is 11.1. The number of furan rings is 2. The Morgan fingerprint density at radius 3 is 1.91 bits per heavy atom. The maximum absolute atomic E-state index is 5.61. The third-order valence-electron chi connectivity index (χ3n) is 5.44. The minimum atomic E-state index is 0.487. The van der Waals surface area contributed by atoms with Crippen molar-refractivity contribution in [1.82, 2.24) is 9.97 Å². The summed E-state index contributed by atoms with van der Waals surface area (Å²) in [6.45, 7) is 0. The summed E-state index contributed by atoms with van der Waals surface area (Å²) in [7, 11) is 0. The van der Waals surface area contributed by atoms with Gasteiger partial charge >= 0.3 is 0 Å². The number of thiocarbonyl (C=S) groups is 1. The Labute approximate surface area is 200 Å². The van der Waals surface area contributed by atoms with Crippen molar-refractivity contribution in [2.45, 2.75) is 0 Å². The number of rotatable bonds is 4. The number of aromatic nitrogens is 2. The van der Waals surface area contributed by atoms with Gasteiger partial charge in [-0.15, -0.1) is 0 Å². The summed E-state index contributed by atoms with van der Waals surface area (Å²) in [4.78, 5) is 9.64. The van der Waals surface area contributed by atoms with Gasteiger partial charge in [0.15, 0.2) is 16.6 Å². The Morgan fingerprint density at radius 2 is 1.24 bits per heavy atom.